The summed E-state index contributed by atoms with van der Waals surface area (Å²) in [5, 5.41) is 6.79. The Labute approximate surface area is 225 Å². The van der Waals surface area contributed by atoms with Crippen LogP contribution in [0.4, 0.5) is 11.4 Å². The van der Waals surface area contributed by atoms with Gasteiger partial charge in [-0.3, -0.25) is 14.6 Å². The monoisotopic (exact) mass is 527 g/mol. The molecule has 3 atom stereocenters. The number of likely N-dealkylation sites (tertiary alicyclic amines) is 1. The smallest absolute Gasteiger partial charge is 0.255 e. The first-order valence-corrected chi connectivity index (χ1v) is 12.9. The molecule has 1 saturated carbocycles. The Hall–Kier alpha value is -4.22. The quantitative estimate of drug-likeness (QED) is 0.339. The summed E-state index contributed by atoms with van der Waals surface area (Å²) >= 11 is 6.37. The van der Waals surface area contributed by atoms with Gasteiger partial charge in [0, 0.05) is 42.7 Å². The van der Waals surface area contributed by atoms with Gasteiger partial charge in [0.2, 0.25) is 5.91 Å². The fourth-order valence-electron chi connectivity index (χ4n) is 5.54. The van der Waals surface area contributed by atoms with Crippen molar-refractivity contribution < 1.29 is 14.3 Å². The number of hydrogen-bond donors (Lipinski definition) is 3. The number of amides is 2. The van der Waals surface area contributed by atoms with Crippen molar-refractivity contribution in [3.05, 3.63) is 71.2 Å². The summed E-state index contributed by atoms with van der Waals surface area (Å²) in [5.41, 5.74) is 4.82. The van der Waals surface area contributed by atoms with E-state index in [-0.39, 0.29) is 23.9 Å². The summed E-state index contributed by atoms with van der Waals surface area (Å²) in [4.78, 5) is 35.1. The zero-order valence-electron chi connectivity index (χ0n) is 20.8. The van der Waals surface area contributed by atoms with E-state index in [1.807, 2.05) is 23.1 Å². The standard InChI is InChI=1S/C29H26ClN5O3/c1-3-24(36)35-18(13-17-14-23(17)35)8-7-16-15-31-11-9-19(16)26-27(25-21(33-26)10-12-32-29(25)37)34-22-6-4-5-20(30)28(22)38-2/h3-6,9,11,15,17-18,23,33-34H,1,10,12-14H2,2H3,(H,32,37). The molecule has 3 aliphatic rings. The number of pyridine rings is 1. The molecule has 192 valence electrons. The highest BCUT2D eigenvalue weighted by Crippen LogP contribution is 2.48. The number of piperidine rings is 1. The van der Waals surface area contributed by atoms with E-state index >= 15 is 0 Å². The molecule has 0 radical (unpaired) electrons. The highest BCUT2D eigenvalue weighted by molar-refractivity contribution is 6.32. The van der Waals surface area contributed by atoms with Gasteiger partial charge in [-0.05, 0) is 43.0 Å². The number of benzene rings is 1. The van der Waals surface area contributed by atoms with Crippen LogP contribution in [0.1, 0.15) is 34.5 Å². The summed E-state index contributed by atoms with van der Waals surface area (Å²) in [6.07, 6.45) is 7.34. The Morgan fingerprint density at radius 1 is 1.34 bits per heavy atom. The molecule has 2 aliphatic heterocycles. The van der Waals surface area contributed by atoms with Crippen LogP contribution in [0.5, 0.6) is 5.75 Å². The Balaban J connectivity index is 1.43. The van der Waals surface area contributed by atoms with Crippen LogP contribution in [0, 0.1) is 17.8 Å². The van der Waals surface area contributed by atoms with Crippen LogP contribution in [0.25, 0.3) is 11.3 Å². The number of H-pyrrole nitrogens is 1. The Bertz CT molecular complexity index is 1530. The first-order chi connectivity index (χ1) is 18.5. The van der Waals surface area contributed by atoms with Crippen molar-refractivity contribution in [2.45, 2.75) is 31.3 Å². The summed E-state index contributed by atoms with van der Waals surface area (Å²) in [7, 11) is 1.55. The van der Waals surface area contributed by atoms with E-state index in [4.69, 9.17) is 16.3 Å². The molecule has 2 amide bonds. The second-order valence-corrected chi connectivity index (χ2v) is 10.0. The summed E-state index contributed by atoms with van der Waals surface area (Å²) < 4.78 is 5.53. The van der Waals surface area contributed by atoms with Gasteiger partial charge in [-0.1, -0.05) is 36.1 Å². The number of rotatable bonds is 5. The summed E-state index contributed by atoms with van der Waals surface area (Å²) in [5.74, 6) is 7.35. The Kier molecular flexibility index (Phi) is 6.09. The number of nitrogens with zero attached hydrogens (tertiary/aromatic N) is 2. The van der Waals surface area contributed by atoms with Gasteiger partial charge >= 0.3 is 0 Å². The second-order valence-electron chi connectivity index (χ2n) is 9.63. The van der Waals surface area contributed by atoms with Gasteiger partial charge in [-0.25, -0.2) is 0 Å². The van der Waals surface area contributed by atoms with Gasteiger partial charge in [0.05, 0.1) is 46.4 Å². The lowest BCUT2D eigenvalue weighted by atomic mass is 10.0. The highest BCUT2D eigenvalue weighted by Gasteiger charge is 2.53. The number of ether oxygens (including phenoxy) is 1. The third-order valence-electron chi connectivity index (χ3n) is 7.39. The average Bonchev–Trinajstić information content (AvgIpc) is 3.43. The number of hydrogen-bond acceptors (Lipinski definition) is 5. The summed E-state index contributed by atoms with van der Waals surface area (Å²) in [6.45, 7) is 4.20. The van der Waals surface area contributed by atoms with Crippen molar-refractivity contribution in [2.24, 2.45) is 5.92 Å². The Morgan fingerprint density at radius 3 is 3.03 bits per heavy atom. The topological polar surface area (TPSA) is 99.3 Å². The van der Waals surface area contributed by atoms with Crippen molar-refractivity contribution in [3.63, 3.8) is 0 Å². The van der Waals surface area contributed by atoms with Crippen LogP contribution < -0.4 is 15.4 Å². The molecular weight excluding hydrogens is 502 g/mol. The maximum atomic E-state index is 13.0. The van der Waals surface area contributed by atoms with E-state index in [1.54, 1.807) is 25.6 Å². The van der Waals surface area contributed by atoms with Crippen LogP contribution in [0.2, 0.25) is 5.02 Å². The van der Waals surface area contributed by atoms with Crippen LogP contribution >= 0.6 is 11.6 Å². The van der Waals surface area contributed by atoms with Gasteiger partial charge in [0.25, 0.3) is 5.91 Å². The molecular formula is C29H26ClN5O3. The molecule has 38 heavy (non-hydrogen) atoms. The van der Waals surface area contributed by atoms with Crippen molar-refractivity contribution >= 4 is 34.8 Å². The predicted octanol–water partition coefficient (Wildman–Crippen LogP) is 4.30. The fraction of sp³-hybridized carbons (Fsp3) is 0.276. The lowest BCUT2D eigenvalue weighted by Crippen LogP contribution is -2.36. The lowest BCUT2D eigenvalue weighted by molar-refractivity contribution is -0.126. The Morgan fingerprint density at radius 2 is 2.21 bits per heavy atom. The number of aromatic amines is 1. The third kappa shape index (κ3) is 4.09. The minimum absolute atomic E-state index is 0.0780. The van der Waals surface area contributed by atoms with Crippen molar-refractivity contribution in [3.8, 4) is 28.8 Å². The molecule has 3 aromatic rings. The molecule has 8 nitrogen and oxygen atoms in total. The average molecular weight is 528 g/mol. The number of carbonyl (C=O) groups is 2. The number of halogens is 1. The third-order valence-corrected chi connectivity index (χ3v) is 7.69. The molecule has 3 N–H and O–H groups in total. The largest absolute Gasteiger partial charge is 0.493 e. The number of nitrogens with one attached hydrogen (secondary N) is 3. The van der Waals surface area contributed by atoms with Gasteiger partial charge in [-0.2, -0.15) is 0 Å². The minimum Gasteiger partial charge on any atom is -0.493 e. The number of carbonyl (C=O) groups excluding carboxylic acids is 2. The van der Waals surface area contributed by atoms with E-state index in [0.717, 1.165) is 24.1 Å². The number of para-hydroxylation sites is 1. The normalized spacial score (nSPS) is 20.9. The highest BCUT2D eigenvalue weighted by atomic mass is 35.5. The van der Waals surface area contributed by atoms with E-state index < -0.39 is 0 Å². The number of aromatic nitrogens is 2. The molecule has 6 rings (SSSR count). The van der Waals surface area contributed by atoms with Crippen molar-refractivity contribution in [2.75, 3.05) is 19.0 Å². The van der Waals surface area contributed by atoms with E-state index in [0.29, 0.717) is 57.9 Å². The number of fused-ring (bicyclic) bond motifs is 2. The molecule has 2 fully saturated rings. The summed E-state index contributed by atoms with van der Waals surface area (Å²) in [6, 6.07) is 7.39. The molecule has 9 heteroatoms. The van der Waals surface area contributed by atoms with Crippen LogP contribution in [-0.4, -0.2) is 52.4 Å². The molecule has 3 unspecified atom stereocenters. The first-order valence-electron chi connectivity index (χ1n) is 12.5. The first kappa shape index (κ1) is 24.1. The van der Waals surface area contributed by atoms with Gasteiger partial charge < -0.3 is 25.3 Å². The fourth-order valence-corrected chi connectivity index (χ4v) is 5.79. The molecule has 4 heterocycles. The van der Waals surface area contributed by atoms with Gasteiger partial charge in [-0.15, -0.1) is 0 Å². The zero-order chi connectivity index (χ0) is 26.4. The zero-order valence-corrected chi connectivity index (χ0v) is 21.6. The number of methoxy groups -OCH3 is 1. The maximum absolute atomic E-state index is 13.0. The second kappa shape index (κ2) is 9.58. The van der Waals surface area contributed by atoms with E-state index in [9.17, 15) is 9.59 Å². The lowest BCUT2D eigenvalue weighted by Gasteiger charge is -2.22. The molecule has 2 aromatic heterocycles. The molecule has 1 aliphatic carbocycles. The van der Waals surface area contributed by atoms with Crippen LogP contribution in [0.3, 0.4) is 0 Å². The van der Waals surface area contributed by atoms with E-state index in [2.05, 4.69) is 39.0 Å². The van der Waals surface area contributed by atoms with Gasteiger partial charge in [0.1, 0.15) is 0 Å². The van der Waals surface area contributed by atoms with Crippen molar-refractivity contribution in [1.82, 2.24) is 20.2 Å². The molecule has 0 spiro atoms. The van der Waals surface area contributed by atoms with Crippen molar-refractivity contribution in [1.29, 1.82) is 0 Å². The maximum Gasteiger partial charge on any atom is 0.255 e. The molecule has 0 bridgehead atoms. The minimum atomic E-state index is -0.164. The number of anilines is 2. The van der Waals surface area contributed by atoms with E-state index in [1.165, 1.54) is 6.08 Å². The molecule has 1 aromatic carbocycles. The SMILES string of the molecule is C=CC(=O)N1C(C#Cc2cnccc2-c2[nH]c3c(c2Nc2cccc(Cl)c2OC)C(=O)NCC3)CC2CC21. The van der Waals surface area contributed by atoms with Gasteiger partial charge in [0.15, 0.2) is 5.75 Å². The van der Waals surface area contributed by atoms with Crippen LogP contribution in [0.15, 0.2) is 49.3 Å². The molecule has 1 saturated heterocycles. The predicted molar refractivity (Wildman–Crippen MR) is 146 cm³/mol. The van der Waals surface area contributed by atoms with Crippen LogP contribution in [-0.2, 0) is 11.2 Å².